The Morgan fingerprint density at radius 1 is 1.10 bits per heavy atom. The Hall–Kier alpha value is -2.51. The molecular weight excluding hydrogens is 385 g/mol. The van der Waals surface area contributed by atoms with Gasteiger partial charge >= 0.3 is 0 Å². The van der Waals surface area contributed by atoms with E-state index in [4.69, 9.17) is 12.2 Å². The van der Waals surface area contributed by atoms with Crippen molar-refractivity contribution >= 4 is 28.7 Å². The van der Waals surface area contributed by atoms with Gasteiger partial charge in [-0.15, -0.1) is 0 Å². The highest BCUT2D eigenvalue weighted by molar-refractivity contribution is 7.80. The maximum atomic E-state index is 14.7. The average Bonchev–Trinajstić information content (AvgIpc) is 2.76. The average molecular weight is 414 g/mol. The van der Waals surface area contributed by atoms with Gasteiger partial charge in [-0.2, -0.15) is 5.10 Å². The van der Waals surface area contributed by atoms with Crippen LogP contribution < -0.4 is 15.6 Å². The van der Waals surface area contributed by atoms with E-state index in [1.54, 1.807) is 6.07 Å². The molecule has 1 saturated heterocycles. The van der Waals surface area contributed by atoms with Gasteiger partial charge in [0.05, 0.1) is 11.4 Å². The predicted molar refractivity (Wildman–Crippen MR) is 122 cm³/mol. The van der Waals surface area contributed by atoms with E-state index in [1.165, 1.54) is 0 Å². The molecule has 1 heterocycles. The summed E-state index contributed by atoms with van der Waals surface area (Å²) < 4.78 is 14.7. The Kier molecular flexibility index (Phi) is 7.55. The minimum Gasteiger partial charge on any atom is -0.367 e. The molecule has 2 N–H and O–H groups in total. The molecule has 0 unspecified atom stereocenters. The lowest BCUT2D eigenvalue weighted by atomic mass is 10.1. The third-order valence-corrected chi connectivity index (χ3v) is 5.38. The predicted octanol–water partition coefficient (Wildman–Crippen LogP) is 3.36. The van der Waals surface area contributed by atoms with Gasteiger partial charge in [0.1, 0.15) is 5.82 Å². The molecule has 29 heavy (non-hydrogen) atoms. The van der Waals surface area contributed by atoms with E-state index < -0.39 is 0 Å². The molecule has 0 aliphatic carbocycles. The van der Waals surface area contributed by atoms with Gasteiger partial charge in [0.2, 0.25) is 0 Å². The van der Waals surface area contributed by atoms with Crippen LogP contribution in [0.5, 0.6) is 0 Å². The van der Waals surface area contributed by atoms with Gasteiger partial charge in [0.25, 0.3) is 0 Å². The van der Waals surface area contributed by atoms with Gasteiger partial charge in [-0.05, 0) is 43.4 Å². The number of likely N-dealkylation sites (N-methyl/N-ethyl adjacent to an activating group) is 1. The van der Waals surface area contributed by atoms with Crippen LogP contribution in [0.1, 0.15) is 25.0 Å². The molecule has 1 fully saturated rings. The molecule has 7 heteroatoms. The number of nitrogens with zero attached hydrogens (tertiary/aromatic N) is 3. The Bertz CT molecular complexity index is 848. The van der Waals surface area contributed by atoms with E-state index in [0.717, 1.165) is 43.9 Å². The standard InChI is InChI=1S/C22H28FN5S/c1-3-27-11-13-28(14-12-27)21-10-9-19(15-20(21)23)17(2)25-26-22(29)24-16-18-7-5-4-6-8-18/h4-10,15H,3,11-14,16H2,1-2H3,(H2,24,26,29)/b25-17-. The van der Waals surface area contributed by atoms with Crippen LogP contribution in [-0.4, -0.2) is 48.4 Å². The lowest BCUT2D eigenvalue weighted by molar-refractivity contribution is 0.270. The zero-order valence-electron chi connectivity index (χ0n) is 17.0. The maximum absolute atomic E-state index is 14.7. The Morgan fingerprint density at radius 2 is 1.83 bits per heavy atom. The number of halogens is 1. The molecule has 0 amide bonds. The van der Waals surface area contributed by atoms with Gasteiger partial charge in [0, 0.05) is 38.3 Å². The molecule has 2 aromatic rings. The van der Waals surface area contributed by atoms with Crippen molar-refractivity contribution in [1.29, 1.82) is 0 Å². The first-order valence-electron chi connectivity index (χ1n) is 9.96. The molecule has 0 spiro atoms. The van der Waals surface area contributed by atoms with Crippen LogP contribution in [0.2, 0.25) is 0 Å². The first kappa shape index (κ1) is 21.2. The highest BCUT2D eigenvalue weighted by atomic mass is 32.1. The number of benzene rings is 2. The van der Waals surface area contributed by atoms with Crippen molar-refractivity contribution in [2.45, 2.75) is 20.4 Å². The topological polar surface area (TPSA) is 42.9 Å². The Morgan fingerprint density at radius 3 is 2.48 bits per heavy atom. The molecule has 0 bridgehead atoms. The highest BCUT2D eigenvalue weighted by Gasteiger charge is 2.18. The SMILES string of the molecule is CCN1CCN(c2ccc(/C(C)=N\NC(=S)NCc3ccccc3)cc2F)CC1. The second-order valence-corrected chi connectivity index (χ2v) is 7.47. The van der Waals surface area contributed by atoms with E-state index in [9.17, 15) is 4.39 Å². The fraction of sp³-hybridized carbons (Fsp3) is 0.364. The number of hydrogen-bond acceptors (Lipinski definition) is 4. The first-order valence-corrected chi connectivity index (χ1v) is 10.4. The van der Waals surface area contributed by atoms with Gasteiger partial charge in [-0.25, -0.2) is 4.39 Å². The summed E-state index contributed by atoms with van der Waals surface area (Å²) in [5, 5.41) is 7.82. The summed E-state index contributed by atoms with van der Waals surface area (Å²) in [6.07, 6.45) is 0. The van der Waals surface area contributed by atoms with Crippen molar-refractivity contribution in [2.75, 3.05) is 37.6 Å². The van der Waals surface area contributed by atoms with E-state index in [1.807, 2.05) is 49.4 Å². The number of thiocarbonyl (C=S) groups is 1. The third kappa shape index (κ3) is 5.98. The summed E-state index contributed by atoms with van der Waals surface area (Å²) in [4.78, 5) is 4.48. The van der Waals surface area contributed by atoms with Crippen LogP contribution in [0.25, 0.3) is 0 Å². The van der Waals surface area contributed by atoms with Gasteiger partial charge in [-0.3, -0.25) is 5.43 Å². The summed E-state index contributed by atoms with van der Waals surface area (Å²) >= 11 is 5.26. The lowest BCUT2D eigenvalue weighted by Crippen LogP contribution is -2.46. The largest absolute Gasteiger partial charge is 0.367 e. The van der Waals surface area contributed by atoms with Crippen LogP contribution >= 0.6 is 12.2 Å². The van der Waals surface area contributed by atoms with Crippen LogP contribution in [0.3, 0.4) is 0 Å². The second-order valence-electron chi connectivity index (χ2n) is 7.06. The van der Waals surface area contributed by atoms with Gasteiger partial charge in [-0.1, -0.05) is 43.3 Å². The molecule has 3 rings (SSSR count). The van der Waals surface area contributed by atoms with E-state index >= 15 is 0 Å². The zero-order valence-corrected chi connectivity index (χ0v) is 17.8. The van der Waals surface area contributed by atoms with Crippen molar-refractivity contribution in [3.63, 3.8) is 0 Å². The van der Waals surface area contributed by atoms with Crippen molar-refractivity contribution < 1.29 is 4.39 Å². The van der Waals surface area contributed by atoms with Crippen LogP contribution in [0.15, 0.2) is 53.6 Å². The molecular formula is C22H28FN5S. The highest BCUT2D eigenvalue weighted by Crippen LogP contribution is 2.22. The van der Waals surface area contributed by atoms with Crippen molar-refractivity contribution in [2.24, 2.45) is 5.10 Å². The number of hydrogen-bond donors (Lipinski definition) is 2. The zero-order chi connectivity index (χ0) is 20.6. The van der Waals surface area contributed by atoms with E-state index in [-0.39, 0.29) is 5.82 Å². The van der Waals surface area contributed by atoms with E-state index in [0.29, 0.717) is 23.1 Å². The van der Waals surface area contributed by atoms with Crippen molar-refractivity contribution in [3.05, 3.63) is 65.5 Å². The number of hydrazone groups is 1. The molecule has 0 saturated carbocycles. The van der Waals surface area contributed by atoms with E-state index in [2.05, 4.69) is 32.6 Å². The summed E-state index contributed by atoms with van der Waals surface area (Å²) in [6, 6.07) is 15.3. The summed E-state index contributed by atoms with van der Waals surface area (Å²) in [6.45, 7) is 9.28. The Balaban J connectivity index is 1.55. The minimum atomic E-state index is -0.216. The molecule has 0 radical (unpaired) electrons. The van der Waals surface area contributed by atoms with Gasteiger partial charge < -0.3 is 15.1 Å². The molecule has 2 aromatic carbocycles. The van der Waals surface area contributed by atoms with Crippen molar-refractivity contribution in [3.8, 4) is 0 Å². The lowest BCUT2D eigenvalue weighted by Gasteiger charge is -2.35. The third-order valence-electron chi connectivity index (χ3n) is 5.15. The normalized spacial score (nSPS) is 15.3. The Labute approximate surface area is 177 Å². The molecule has 1 aliphatic rings. The molecule has 0 aromatic heterocycles. The number of piperazine rings is 1. The number of anilines is 1. The molecule has 154 valence electrons. The summed E-state index contributed by atoms with van der Waals surface area (Å²) in [5.41, 5.74) is 6.03. The second kappa shape index (κ2) is 10.3. The fourth-order valence-corrected chi connectivity index (χ4v) is 3.43. The maximum Gasteiger partial charge on any atom is 0.187 e. The number of rotatable bonds is 6. The summed E-state index contributed by atoms with van der Waals surface area (Å²) in [5.74, 6) is -0.216. The monoisotopic (exact) mass is 413 g/mol. The molecule has 0 atom stereocenters. The molecule has 1 aliphatic heterocycles. The quantitative estimate of drug-likeness (QED) is 0.432. The smallest absolute Gasteiger partial charge is 0.187 e. The fourth-order valence-electron chi connectivity index (χ4n) is 3.31. The molecule has 5 nitrogen and oxygen atoms in total. The minimum absolute atomic E-state index is 0.216. The van der Waals surface area contributed by atoms with Crippen LogP contribution in [0.4, 0.5) is 10.1 Å². The first-order chi connectivity index (χ1) is 14.1. The van der Waals surface area contributed by atoms with Crippen LogP contribution in [-0.2, 0) is 6.54 Å². The number of nitrogens with one attached hydrogen (secondary N) is 2. The van der Waals surface area contributed by atoms with Crippen LogP contribution in [0, 0.1) is 5.82 Å². The summed E-state index contributed by atoms with van der Waals surface area (Å²) in [7, 11) is 0. The van der Waals surface area contributed by atoms with Gasteiger partial charge in [0.15, 0.2) is 5.11 Å². The van der Waals surface area contributed by atoms with Crippen molar-refractivity contribution in [1.82, 2.24) is 15.6 Å².